The zero-order chi connectivity index (χ0) is 13.7. The zero-order valence-corrected chi connectivity index (χ0v) is 12.2. The summed E-state index contributed by atoms with van der Waals surface area (Å²) in [5, 5.41) is 0.218. The van der Waals surface area contributed by atoms with Crippen molar-refractivity contribution >= 4 is 11.6 Å². The largest absolute Gasteiger partial charge is 0.330 e. The van der Waals surface area contributed by atoms with E-state index in [1.807, 2.05) is 12.1 Å². The van der Waals surface area contributed by atoms with Gasteiger partial charge in [0.1, 0.15) is 5.82 Å². The molecule has 1 aliphatic carbocycles. The molecule has 1 nitrogen and oxygen atoms in total. The van der Waals surface area contributed by atoms with Crippen molar-refractivity contribution in [1.29, 1.82) is 0 Å². The van der Waals surface area contributed by atoms with Gasteiger partial charge in [0.2, 0.25) is 0 Å². The molecule has 1 aromatic rings. The third-order valence-corrected chi connectivity index (χ3v) is 4.74. The van der Waals surface area contributed by atoms with E-state index >= 15 is 0 Å². The highest BCUT2D eigenvalue weighted by atomic mass is 35.5. The molecular formula is C16H23ClFN. The van der Waals surface area contributed by atoms with Gasteiger partial charge in [-0.2, -0.15) is 0 Å². The third kappa shape index (κ3) is 3.70. The van der Waals surface area contributed by atoms with Gasteiger partial charge in [0.05, 0.1) is 5.02 Å². The van der Waals surface area contributed by atoms with Crippen molar-refractivity contribution in [3.05, 3.63) is 34.6 Å². The second-order valence-electron chi connectivity index (χ2n) is 5.86. The fraction of sp³-hybridized carbons (Fsp3) is 0.625. The quantitative estimate of drug-likeness (QED) is 0.854. The van der Waals surface area contributed by atoms with Crippen LogP contribution >= 0.6 is 11.6 Å². The Morgan fingerprint density at radius 3 is 2.37 bits per heavy atom. The standard InChI is InChI=1S/C16H23ClFN/c17-14-8-6-7-13(15(14)18)11-16(12-19)9-4-2-1-3-5-10-16/h6-8H,1-5,9-12,19H2. The molecule has 0 heterocycles. The first-order valence-electron chi connectivity index (χ1n) is 7.30. The Hall–Kier alpha value is -0.600. The van der Waals surface area contributed by atoms with Gasteiger partial charge in [0.15, 0.2) is 0 Å². The van der Waals surface area contributed by atoms with Crippen molar-refractivity contribution < 1.29 is 4.39 Å². The minimum Gasteiger partial charge on any atom is -0.330 e. The summed E-state index contributed by atoms with van der Waals surface area (Å²) in [5.74, 6) is -0.265. The Bertz CT molecular complexity index is 411. The van der Waals surface area contributed by atoms with E-state index in [1.54, 1.807) is 6.07 Å². The van der Waals surface area contributed by atoms with Crippen LogP contribution in [0.3, 0.4) is 0 Å². The van der Waals surface area contributed by atoms with Crippen molar-refractivity contribution in [3.8, 4) is 0 Å². The Kier molecular flexibility index (Phi) is 5.23. The molecule has 0 unspecified atom stereocenters. The van der Waals surface area contributed by atoms with Gasteiger partial charge in [-0.3, -0.25) is 0 Å². The van der Waals surface area contributed by atoms with E-state index in [-0.39, 0.29) is 16.3 Å². The van der Waals surface area contributed by atoms with Crippen LogP contribution in [0.2, 0.25) is 5.02 Å². The number of nitrogens with two attached hydrogens (primary N) is 1. The summed E-state index contributed by atoms with van der Waals surface area (Å²) >= 11 is 5.87. The minimum absolute atomic E-state index is 0.0615. The van der Waals surface area contributed by atoms with Crippen LogP contribution < -0.4 is 5.73 Å². The Balaban J connectivity index is 2.18. The molecule has 0 aromatic heterocycles. The minimum atomic E-state index is -0.265. The lowest BCUT2D eigenvalue weighted by molar-refractivity contribution is 0.215. The Labute approximate surface area is 120 Å². The predicted molar refractivity (Wildman–Crippen MR) is 78.9 cm³/mol. The summed E-state index contributed by atoms with van der Waals surface area (Å²) in [4.78, 5) is 0. The fourth-order valence-corrected chi connectivity index (χ4v) is 3.39. The van der Waals surface area contributed by atoms with Crippen LogP contribution in [0.5, 0.6) is 0 Å². The number of halogens is 2. The molecule has 0 aliphatic heterocycles. The maximum atomic E-state index is 14.1. The van der Waals surface area contributed by atoms with Crippen LogP contribution in [0.1, 0.15) is 50.5 Å². The molecule has 1 aromatic carbocycles. The second kappa shape index (κ2) is 6.71. The SMILES string of the molecule is NCC1(Cc2cccc(Cl)c2F)CCCCCCC1. The van der Waals surface area contributed by atoms with Crippen molar-refractivity contribution in [2.24, 2.45) is 11.1 Å². The van der Waals surface area contributed by atoms with Gasteiger partial charge in [-0.1, -0.05) is 55.8 Å². The fourth-order valence-electron chi connectivity index (χ4n) is 3.20. The number of benzene rings is 1. The molecule has 2 rings (SSSR count). The van der Waals surface area contributed by atoms with Crippen molar-refractivity contribution in [2.45, 2.75) is 51.4 Å². The first kappa shape index (κ1) is 14.8. The van der Waals surface area contributed by atoms with Gasteiger partial charge in [0.25, 0.3) is 0 Å². The molecule has 19 heavy (non-hydrogen) atoms. The first-order chi connectivity index (χ1) is 9.17. The van der Waals surface area contributed by atoms with Crippen LogP contribution in [0.4, 0.5) is 4.39 Å². The monoisotopic (exact) mass is 283 g/mol. The Morgan fingerprint density at radius 2 is 1.74 bits per heavy atom. The smallest absolute Gasteiger partial charge is 0.144 e. The van der Waals surface area contributed by atoms with E-state index in [4.69, 9.17) is 17.3 Å². The molecule has 0 amide bonds. The van der Waals surface area contributed by atoms with Crippen LogP contribution in [-0.4, -0.2) is 6.54 Å². The molecule has 0 spiro atoms. The molecule has 1 saturated carbocycles. The first-order valence-corrected chi connectivity index (χ1v) is 7.68. The summed E-state index contributed by atoms with van der Waals surface area (Å²) in [5.41, 5.74) is 6.82. The summed E-state index contributed by atoms with van der Waals surface area (Å²) in [7, 11) is 0. The van der Waals surface area contributed by atoms with E-state index in [2.05, 4.69) is 0 Å². The van der Waals surface area contributed by atoms with E-state index in [0.29, 0.717) is 6.54 Å². The van der Waals surface area contributed by atoms with Gasteiger partial charge in [-0.05, 0) is 42.9 Å². The van der Waals surface area contributed by atoms with E-state index in [9.17, 15) is 4.39 Å². The molecule has 0 radical (unpaired) electrons. The molecule has 0 saturated heterocycles. The highest BCUT2D eigenvalue weighted by Crippen LogP contribution is 2.37. The third-order valence-electron chi connectivity index (χ3n) is 4.44. The lowest BCUT2D eigenvalue weighted by atomic mass is 9.72. The normalized spacial score (nSPS) is 19.7. The maximum Gasteiger partial charge on any atom is 0.144 e. The highest BCUT2D eigenvalue weighted by molar-refractivity contribution is 6.30. The average Bonchev–Trinajstić information content (AvgIpc) is 2.38. The summed E-state index contributed by atoms with van der Waals surface area (Å²) in [6.07, 6.45) is 9.23. The molecule has 106 valence electrons. The van der Waals surface area contributed by atoms with Gasteiger partial charge in [0, 0.05) is 0 Å². The topological polar surface area (TPSA) is 26.0 Å². The predicted octanol–water partition coefficient (Wildman–Crippen LogP) is 4.71. The van der Waals surface area contributed by atoms with Crippen molar-refractivity contribution in [2.75, 3.05) is 6.54 Å². The van der Waals surface area contributed by atoms with E-state index in [1.165, 1.54) is 32.1 Å². The van der Waals surface area contributed by atoms with Gasteiger partial charge < -0.3 is 5.73 Å². The van der Waals surface area contributed by atoms with Crippen LogP contribution in [-0.2, 0) is 6.42 Å². The summed E-state index contributed by atoms with van der Waals surface area (Å²) < 4.78 is 14.1. The van der Waals surface area contributed by atoms with Crippen LogP contribution in [0.15, 0.2) is 18.2 Å². The molecule has 1 aliphatic rings. The van der Waals surface area contributed by atoms with Crippen molar-refractivity contribution in [1.82, 2.24) is 0 Å². The highest BCUT2D eigenvalue weighted by Gasteiger charge is 2.30. The molecular weight excluding hydrogens is 261 g/mol. The number of rotatable bonds is 3. The van der Waals surface area contributed by atoms with Crippen molar-refractivity contribution in [3.63, 3.8) is 0 Å². The van der Waals surface area contributed by atoms with Gasteiger partial charge in [-0.15, -0.1) is 0 Å². The lowest BCUT2D eigenvalue weighted by Crippen LogP contribution is -2.34. The molecule has 3 heteroatoms. The van der Waals surface area contributed by atoms with Crippen LogP contribution in [0.25, 0.3) is 0 Å². The Morgan fingerprint density at radius 1 is 1.11 bits per heavy atom. The second-order valence-corrected chi connectivity index (χ2v) is 6.27. The average molecular weight is 284 g/mol. The molecule has 2 N–H and O–H groups in total. The lowest BCUT2D eigenvalue weighted by Gasteiger charge is -2.34. The number of hydrogen-bond acceptors (Lipinski definition) is 1. The van der Waals surface area contributed by atoms with Crippen LogP contribution in [0, 0.1) is 11.2 Å². The summed E-state index contributed by atoms with van der Waals surface area (Å²) in [6.45, 7) is 0.638. The maximum absolute atomic E-state index is 14.1. The molecule has 0 bridgehead atoms. The number of hydrogen-bond donors (Lipinski definition) is 1. The van der Waals surface area contributed by atoms with Gasteiger partial charge >= 0.3 is 0 Å². The van der Waals surface area contributed by atoms with E-state index in [0.717, 1.165) is 24.8 Å². The van der Waals surface area contributed by atoms with Gasteiger partial charge in [-0.25, -0.2) is 4.39 Å². The zero-order valence-electron chi connectivity index (χ0n) is 11.4. The molecule has 1 fully saturated rings. The summed E-state index contributed by atoms with van der Waals surface area (Å²) in [6, 6.07) is 5.28. The molecule has 0 atom stereocenters. The van der Waals surface area contributed by atoms with E-state index < -0.39 is 0 Å².